The molecule has 2 saturated heterocycles. The molecule has 9 heteroatoms. The van der Waals surface area contributed by atoms with Crippen LogP contribution in [0.2, 0.25) is 0 Å². The van der Waals surface area contributed by atoms with Crippen LogP contribution in [0.3, 0.4) is 0 Å². The zero-order valence-electron chi connectivity index (χ0n) is 19.2. The molecule has 5 rings (SSSR count). The lowest BCUT2D eigenvalue weighted by Crippen LogP contribution is -2.52. The van der Waals surface area contributed by atoms with Gasteiger partial charge in [-0.1, -0.05) is 24.3 Å². The van der Waals surface area contributed by atoms with Crippen LogP contribution in [-0.2, 0) is 33.9 Å². The van der Waals surface area contributed by atoms with E-state index in [2.05, 4.69) is 16.7 Å². The van der Waals surface area contributed by atoms with E-state index in [-0.39, 0.29) is 43.9 Å². The van der Waals surface area contributed by atoms with E-state index in [4.69, 9.17) is 9.47 Å². The maximum absolute atomic E-state index is 13.1. The first kappa shape index (κ1) is 23.0. The van der Waals surface area contributed by atoms with Gasteiger partial charge in [-0.05, 0) is 36.1 Å². The minimum atomic E-state index is -0.720. The van der Waals surface area contributed by atoms with Crippen LogP contribution in [0.4, 0.5) is 0 Å². The number of imide groups is 1. The van der Waals surface area contributed by atoms with Crippen LogP contribution in [0.25, 0.3) is 0 Å². The molecule has 35 heavy (non-hydrogen) atoms. The zero-order valence-corrected chi connectivity index (χ0v) is 19.2. The van der Waals surface area contributed by atoms with Crippen molar-refractivity contribution < 1.29 is 23.9 Å². The predicted molar refractivity (Wildman–Crippen MR) is 124 cm³/mol. The number of morpholine rings is 1. The second-order valence-corrected chi connectivity index (χ2v) is 8.99. The molecule has 3 heterocycles. The number of nitrogens with one attached hydrogen (secondary N) is 2. The number of piperidine rings is 1. The molecule has 2 N–H and O–H groups in total. The highest BCUT2D eigenvalue weighted by atomic mass is 16.5. The molecule has 2 aromatic rings. The van der Waals surface area contributed by atoms with Crippen LogP contribution >= 0.6 is 0 Å². The lowest BCUT2D eigenvalue weighted by Gasteiger charge is -2.29. The summed E-state index contributed by atoms with van der Waals surface area (Å²) in [6, 6.07) is 12.7. The summed E-state index contributed by atoms with van der Waals surface area (Å²) in [5, 5.41) is 15.3. The summed E-state index contributed by atoms with van der Waals surface area (Å²) in [5.41, 5.74) is 3.45. The molecule has 0 aromatic heterocycles. The Morgan fingerprint density at radius 2 is 1.91 bits per heavy atom. The number of ether oxygens (including phenoxy) is 2. The molecule has 1 unspecified atom stereocenters. The topological polar surface area (TPSA) is 121 Å². The van der Waals surface area contributed by atoms with Crippen LogP contribution in [-0.4, -0.2) is 54.5 Å². The van der Waals surface area contributed by atoms with Gasteiger partial charge < -0.3 is 19.7 Å². The number of carbonyl (C=O) groups excluding carboxylic acids is 3. The predicted octanol–water partition coefficient (Wildman–Crippen LogP) is 1.43. The molecule has 0 spiro atoms. The zero-order chi connectivity index (χ0) is 24.4. The van der Waals surface area contributed by atoms with Gasteiger partial charge in [0.2, 0.25) is 11.8 Å². The van der Waals surface area contributed by atoms with E-state index < -0.39 is 11.9 Å². The first-order valence-electron chi connectivity index (χ1n) is 11.8. The molecule has 0 saturated carbocycles. The second-order valence-electron chi connectivity index (χ2n) is 8.99. The minimum Gasteiger partial charge on any atom is -0.487 e. The van der Waals surface area contributed by atoms with Crippen molar-refractivity contribution in [2.75, 3.05) is 19.7 Å². The van der Waals surface area contributed by atoms with Gasteiger partial charge in [-0.15, -0.1) is 0 Å². The highest BCUT2D eigenvalue weighted by Crippen LogP contribution is 2.36. The average molecular weight is 475 g/mol. The van der Waals surface area contributed by atoms with Gasteiger partial charge in [0.1, 0.15) is 24.5 Å². The monoisotopic (exact) mass is 474 g/mol. The molecular weight excluding hydrogens is 448 g/mol. The molecule has 3 aliphatic heterocycles. The highest BCUT2D eigenvalue weighted by molar-refractivity contribution is 6.05. The van der Waals surface area contributed by atoms with Crippen molar-refractivity contribution in [3.8, 4) is 11.8 Å². The lowest BCUT2D eigenvalue weighted by atomic mass is 10.0. The summed E-state index contributed by atoms with van der Waals surface area (Å²) >= 11 is 0. The summed E-state index contributed by atoms with van der Waals surface area (Å²) in [5.74, 6) is -0.744. The number of hydrogen-bond acceptors (Lipinski definition) is 7. The molecule has 2 fully saturated rings. The molecule has 9 nitrogen and oxygen atoms in total. The average Bonchev–Trinajstić information content (AvgIpc) is 3.20. The Balaban J connectivity index is 1.30. The van der Waals surface area contributed by atoms with E-state index in [1.165, 1.54) is 10.5 Å². The molecule has 0 aliphatic carbocycles. The van der Waals surface area contributed by atoms with E-state index in [0.717, 1.165) is 31.7 Å². The summed E-state index contributed by atoms with van der Waals surface area (Å²) in [6.07, 6.45) is 1.46. The van der Waals surface area contributed by atoms with Gasteiger partial charge in [0.15, 0.2) is 0 Å². The minimum absolute atomic E-state index is 0.152. The molecule has 0 bridgehead atoms. The van der Waals surface area contributed by atoms with Gasteiger partial charge in [-0.3, -0.25) is 19.7 Å². The largest absolute Gasteiger partial charge is 0.487 e. The summed E-state index contributed by atoms with van der Waals surface area (Å²) in [6.45, 7) is 2.84. The van der Waals surface area contributed by atoms with Crippen LogP contribution in [0.5, 0.6) is 5.75 Å². The van der Waals surface area contributed by atoms with Crippen LogP contribution in [0, 0.1) is 11.3 Å². The van der Waals surface area contributed by atoms with E-state index in [1.807, 2.05) is 24.3 Å². The smallest absolute Gasteiger partial charge is 0.255 e. The maximum atomic E-state index is 13.1. The molecule has 2 atom stereocenters. The fourth-order valence-electron chi connectivity index (χ4n) is 4.81. The third kappa shape index (κ3) is 4.76. The van der Waals surface area contributed by atoms with Gasteiger partial charge in [-0.2, -0.15) is 5.26 Å². The van der Waals surface area contributed by atoms with Crippen molar-refractivity contribution in [3.63, 3.8) is 0 Å². The number of carbonyl (C=O) groups is 3. The summed E-state index contributed by atoms with van der Waals surface area (Å²) in [7, 11) is 0. The molecular formula is C26H26N4O5. The number of nitrogens with zero attached hydrogens (tertiary/aromatic N) is 2. The third-order valence-electron chi connectivity index (χ3n) is 6.66. The molecule has 2 aromatic carbocycles. The number of nitriles is 1. The highest BCUT2D eigenvalue weighted by Gasteiger charge is 2.40. The number of hydrogen-bond donors (Lipinski definition) is 2. The van der Waals surface area contributed by atoms with E-state index >= 15 is 0 Å². The summed E-state index contributed by atoms with van der Waals surface area (Å²) in [4.78, 5) is 38.4. The Kier molecular flexibility index (Phi) is 6.49. The van der Waals surface area contributed by atoms with Gasteiger partial charge in [0, 0.05) is 30.6 Å². The van der Waals surface area contributed by atoms with Gasteiger partial charge in [-0.25, -0.2) is 0 Å². The Labute approximate surface area is 203 Å². The Hall–Kier alpha value is -3.74. The van der Waals surface area contributed by atoms with E-state index in [0.29, 0.717) is 22.4 Å². The SMILES string of the molecule is N#Cc1ccc2c(c1OCc1ccc(C[C@H]3CNCCO3)cc1)CN(C1CCC(=O)NC1=O)C2=O. The van der Waals surface area contributed by atoms with Gasteiger partial charge in [0.05, 0.1) is 24.8 Å². The van der Waals surface area contributed by atoms with E-state index in [9.17, 15) is 19.6 Å². The van der Waals surface area contributed by atoms with Crippen molar-refractivity contribution in [1.82, 2.24) is 15.5 Å². The summed E-state index contributed by atoms with van der Waals surface area (Å²) < 4.78 is 11.9. The number of amides is 3. The van der Waals surface area contributed by atoms with Gasteiger partial charge >= 0.3 is 0 Å². The van der Waals surface area contributed by atoms with Crippen molar-refractivity contribution in [1.29, 1.82) is 5.26 Å². The third-order valence-corrected chi connectivity index (χ3v) is 6.66. The van der Waals surface area contributed by atoms with Crippen LogP contribution < -0.4 is 15.4 Å². The standard InChI is InChI=1S/C26H26N4O5/c27-12-18-5-6-20-21(14-30(26(20)33)22-7-8-23(31)29-25(22)32)24(18)35-15-17-3-1-16(2-4-17)11-19-13-28-9-10-34-19/h1-6,19,22,28H,7-11,13-15H2,(H,29,31,32)/t19-,22?/m0/s1. The van der Waals surface area contributed by atoms with Gasteiger partial charge in [0.25, 0.3) is 5.91 Å². The number of rotatable bonds is 6. The normalized spacial score (nSPS) is 21.9. The number of fused-ring (bicyclic) bond motifs is 1. The maximum Gasteiger partial charge on any atom is 0.255 e. The Morgan fingerprint density at radius 1 is 1.11 bits per heavy atom. The van der Waals surface area contributed by atoms with Crippen molar-refractivity contribution >= 4 is 17.7 Å². The number of benzene rings is 2. The first-order valence-corrected chi connectivity index (χ1v) is 11.8. The van der Waals surface area contributed by atoms with Crippen molar-refractivity contribution in [2.45, 2.75) is 44.6 Å². The van der Waals surface area contributed by atoms with Crippen LogP contribution in [0.15, 0.2) is 36.4 Å². The Bertz CT molecular complexity index is 1200. The van der Waals surface area contributed by atoms with Crippen molar-refractivity contribution in [2.24, 2.45) is 0 Å². The first-order chi connectivity index (χ1) is 17.0. The fourth-order valence-corrected chi connectivity index (χ4v) is 4.81. The van der Waals surface area contributed by atoms with E-state index in [1.54, 1.807) is 12.1 Å². The molecule has 3 aliphatic rings. The fraction of sp³-hybridized carbons (Fsp3) is 0.385. The molecule has 0 radical (unpaired) electrons. The second kappa shape index (κ2) is 9.86. The molecule has 180 valence electrons. The van der Waals surface area contributed by atoms with Crippen molar-refractivity contribution in [3.05, 3.63) is 64.2 Å². The lowest BCUT2D eigenvalue weighted by molar-refractivity contribution is -0.136. The Morgan fingerprint density at radius 3 is 2.63 bits per heavy atom. The molecule has 3 amide bonds. The van der Waals surface area contributed by atoms with Crippen LogP contribution in [0.1, 0.15) is 45.5 Å². The quantitative estimate of drug-likeness (QED) is 0.608.